The fourth-order valence-corrected chi connectivity index (χ4v) is 2.76. The summed E-state index contributed by atoms with van der Waals surface area (Å²) in [6.45, 7) is 1.29. The summed E-state index contributed by atoms with van der Waals surface area (Å²) in [4.78, 5) is 14.2. The van der Waals surface area contributed by atoms with E-state index >= 15 is 0 Å². The highest BCUT2D eigenvalue weighted by atomic mass is 16.5. The van der Waals surface area contributed by atoms with E-state index in [9.17, 15) is 4.79 Å². The van der Waals surface area contributed by atoms with Gasteiger partial charge in [0.15, 0.2) is 0 Å². The van der Waals surface area contributed by atoms with Crippen molar-refractivity contribution < 1.29 is 14.6 Å². The molecule has 0 aliphatic carbocycles. The zero-order chi connectivity index (χ0) is 16.1. The maximum Gasteiger partial charge on any atom is 0.322 e. The Morgan fingerprint density at radius 1 is 1.17 bits per heavy atom. The third-order valence-electron chi connectivity index (χ3n) is 3.88. The van der Waals surface area contributed by atoms with Crippen LogP contribution in [0.2, 0.25) is 0 Å². The van der Waals surface area contributed by atoms with E-state index in [2.05, 4.69) is 11.4 Å². The number of fused-ring (bicyclic) bond motifs is 1. The molecule has 5 nitrogen and oxygen atoms in total. The van der Waals surface area contributed by atoms with Gasteiger partial charge in [-0.05, 0) is 24.1 Å². The molecule has 0 unspecified atom stereocenters. The highest BCUT2D eigenvalue weighted by Crippen LogP contribution is 2.27. The summed E-state index contributed by atoms with van der Waals surface area (Å²) in [5.41, 5.74) is 3.07. The van der Waals surface area contributed by atoms with Crippen LogP contribution in [0.5, 0.6) is 5.75 Å². The molecule has 2 aromatic carbocycles. The number of urea groups is 1. The Morgan fingerprint density at radius 2 is 1.96 bits per heavy atom. The van der Waals surface area contributed by atoms with Crippen LogP contribution in [0.15, 0.2) is 48.5 Å². The van der Waals surface area contributed by atoms with E-state index in [1.807, 2.05) is 42.5 Å². The summed E-state index contributed by atoms with van der Waals surface area (Å²) < 4.78 is 5.49. The molecule has 1 aliphatic heterocycles. The molecule has 2 amide bonds. The second-order valence-corrected chi connectivity index (χ2v) is 5.37. The average molecular weight is 312 g/mol. The minimum Gasteiger partial charge on any atom is -0.491 e. The van der Waals surface area contributed by atoms with Crippen LogP contribution >= 0.6 is 0 Å². The van der Waals surface area contributed by atoms with E-state index in [1.165, 1.54) is 5.56 Å². The Balaban J connectivity index is 1.64. The predicted octanol–water partition coefficient (Wildman–Crippen LogP) is 2.33. The van der Waals surface area contributed by atoms with Gasteiger partial charge < -0.3 is 15.2 Å². The highest BCUT2D eigenvalue weighted by Gasteiger charge is 2.23. The fraction of sp³-hybridized carbons (Fsp3) is 0.278. The summed E-state index contributed by atoms with van der Waals surface area (Å²) in [6.07, 6.45) is 0.889. The number of nitrogens with one attached hydrogen (secondary N) is 1. The van der Waals surface area contributed by atoms with Crippen molar-refractivity contribution in [2.45, 2.75) is 13.0 Å². The molecule has 3 rings (SSSR count). The van der Waals surface area contributed by atoms with Crippen LogP contribution in [-0.4, -0.2) is 30.9 Å². The van der Waals surface area contributed by atoms with Crippen molar-refractivity contribution >= 4 is 11.7 Å². The number of hydrogen-bond acceptors (Lipinski definition) is 3. The first-order valence-electron chi connectivity index (χ1n) is 7.74. The van der Waals surface area contributed by atoms with E-state index < -0.39 is 0 Å². The molecule has 0 saturated carbocycles. The molecule has 0 bridgehead atoms. The van der Waals surface area contributed by atoms with Crippen LogP contribution in [0.1, 0.15) is 11.1 Å². The molecule has 0 fully saturated rings. The number of rotatable bonds is 5. The molecule has 23 heavy (non-hydrogen) atoms. The maximum absolute atomic E-state index is 12.4. The molecule has 0 aromatic heterocycles. The Hall–Kier alpha value is -2.53. The van der Waals surface area contributed by atoms with Crippen molar-refractivity contribution in [2.24, 2.45) is 0 Å². The van der Waals surface area contributed by atoms with E-state index in [4.69, 9.17) is 9.84 Å². The molecule has 0 atom stereocenters. The fourth-order valence-electron chi connectivity index (χ4n) is 2.76. The quantitative estimate of drug-likeness (QED) is 0.891. The number of hydrogen-bond donors (Lipinski definition) is 2. The Morgan fingerprint density at radius 3 is 2.83 bits per heavy atom. The van der Waals surface area contributed by atoms with Crippen molar-refractivity contribution in [1.29, 1.82) is 0 Å². The molecule has 5 heteroatoms. The third kappa shape index (κ3) is 3.46. The molecular formula is C18H20N2O3. The molecule has 120 valence electrons. The highest BCUT2D eigenvalue weighted by molar-refractivity contribution is 5.94. The summed E-state index contributed by atoms with van der Waals surface area (Å²) in [6, 6.07) is 15.4. The van der Waals surface area contributed by atoms with Gasteiger partial charge in [0.1, 0.15) is 12.4 Å². The SMILES string of the molecule is O=C(NCc1ccccc1OCCO)N1CCc2ccccc21. The van der Waals surface area contributed by atoms with Crippen LogP contribution in [0.3, 0.4) is 0 Å². The van der Waals surface area contributed by atoms with Gasteiger partial charge in [0, 0.05) is 24.3 Å². The van der Waals surface area contributed by atoms with Gasteiger partial charge in [0.05, 0.1) is 6.61 Å². The van der Waals surface area contributed by atoms with E-state index in [0.29, 0.717) is 18.8 Å². The number of aliphatic hydroxyl groups excluding tert-OH is 1. The standard InChI is InChI=1S/C18H20N2O3/c21-11-12-23-17-8-4-2-6-15(17)13-19-18(22)20-10-9-14-5-1-3-7-16(14)20/h1-8,21H,9-13H2,(H,19,22). The van der Waals surface area contributed by atoms with Crippen molar-refractivity contribution in [3.63, 3.8) is 0 Å². The Labute approximate surface area is 135 Å². The summed E-state index contributed by atoms with van der Waals surface area (Å²) in [7, 11) is 0. The molecule has 2 N–H and O–H groups in total. The van der Waals surface area contributed by atoms with Crippen LogP contribution < -0.4 is 15.0 Å². The molecule has 0 spiro atoms. The Bertz CT molecular complexity index is 687. The number of amides is 2. The number of nitrogens with zero attached hydrogens (tertiary/aromatic N) is 1. The first-order valence-corrected chi connectivity index (χ1v) is 7.74. The number of ether oxygens (including phenoxy) is 1. The van der Waals surface area contributed by atoms with Gasteiger partial charge in [-0.25, -0.2) is 4.79 Å². The topological polar surface area (TPSA) is 61.8 Å². The van der Waals surface area contributed by atoms with Crippen LogP contribution in [0, 0.1) is 0 Å². The first-order chi connectivity index (χ1) is 11.3. The molecule has 0 radical (unpaired) electrons. The Kier molecular flexibility index (Phi) is 4.78. The van der Waals surface area contributed by atoms with Crippen LogP contribution in [0.25, 0.3) is 0 Å². The van der Waals surface area contributed by atoms with Gasteiger partial charge >= 0.3 is 6.03 Å². The second kappa shape index (κ2) is 7.15. The monoisotopic (exact) mass is 312 g/mol. The minimum absolute atomic E-state index is 0.0365. The van der Waals surface area contributed by atoms with Gasteiger partial charge in [-0.2, -0.15) is 0 Å². The van der Waals surface area contributed by atoms with Crippen LogP contribution in [0.4, 0.5) is 10.5 Å². The average Bonchev–Trinajstić information content (AvgIpc) is 3.02. The normalized spacial score (nSPS) is 12.8. The summed E-state index contributed by atoms with van der Waals surface area (Å²) >= 11 is 0. The van der Waals surface area contributed by atoms with Gasteiger partial charge in [-0.1, -0.05) is 36.4 Å². The van der Waals surface area contributed by atoms with E-state index in [1.54, 1.807) is 4.90 Å². The number of benzene rings is 2. The van der Waals surface area contributed by atoms with E-state index in [0.717, 1.165) is 17.7 Å². The molecular weight excluding hydrogens is 292 g/mol. The van der Waals surface area contributed by atoms with E-state index in [-0.39, 0.29) is 19.2 Å². The smallest absolute Gasteiger partial charge is 0.322 e. The number of anilines is 1. The lowest BCUT2D eigenvalue weighted by Crippen LogP contribution is -2.38. The largest absolute Gasteiger partial charge is 0.491 e. The third-order valence-corrected chi connectivity index (χ3v) is 3.88. The second-order valence-electron chi connectivity index (χ2n) is 5.37. The number of carbonyl (C=O) groups excluding carboxylic acids is 1. The van der Waals surface area contributed by atoms with Crippen LogP contribution in [-0.2, 0) is 13.0 Å². The summed E-state index contributed by atoms with van der Waals surface area (Å²) in [5, 5.41) is 11.8. The number of aliphatic hydroxyl groups is 1. The molecule has 1 aliphatic rings. The molecule has 2 aromatic rings. The lowest BCUT2D eigenvalue weighted by atomic mass is 10.2. The van der Waals surface area contributed by atoms with Crippen molar-refractivity contribution in [1.82, 2.24) is 5.32 Å². The zero-order valence-electron chi connectivity index (χ0n) is 12.9. The lowest BCUT2D eigenvalue weighted by Gasteiger charge is -2.19. The number of carbonyl (C=O) groups is 1. The maximum atomic E-state index is 12.4. The molecule has 0 saturated heterocycles. The minimum atomic E-state index is -0.105. The number of para-hydroxylation sites is 2. The van der Waals surface area contributed by atoms with Gasteiger partial charge in [0.2, 0.25) is 0 Å². The zero-order valence-corrected chi connectivity index (χ0v) is 12.9. The first kappa shape index (κ1) is 15.4. The van der Waals surface area contributed by atoms with Gasteiger partial charge in [-0.3, -0.25) is 4.90 Å². The van der Waals surface area contributed by atoms with Gasteiger partial charge in [0.25, 0.3) is 0 Å². The van der Waals surface area contributed by atoms with Crippen molar-refractivity contribution in [2.75, 3.05) is 24.7 Å². The van der Waals surface area contributed by atoms with Gasteiger partial charge in [-0.15, -0.1) is 0 Å². The van der Waals surface area contributed by atoms with Crippen molar-refractivity contribution in [3.05, 3.63) is 59.7 Å². The summed E-state index contributed by atoms with van der Waals surface area (Å²) in [5.74, 6) is 0.684. The predicted molar refractivity (Wildman–Crippen MR) is 88.8 cm³/mol. The van der Waals surface area contributed by atoms with Crippen molar-refractivity contribution in [3.8, 4) is 5.75 Å². The lowest BCUT2D eigenvalue weighted by molar-refractivity contribution is 0.200. The molecule has 1 heterocycles.